The van der Waals surface area contributed by atoms with Crippen LogP contribution >= 0.6 is 11.6 Å². The summed E-state index contributed by atoms with van der Waals surface area (Å²) in [6.07, 6.45) is 1.23. The van der Waals surface area contributed by atoms with Crippen LogP contribution < -0.4 is 0 Å². The van der Waals surface area contributed by atoms with Crippen molar-refractivity contribution in [2.75, 3.05) is 25.6 Å². The summed E-state index contributed by atoms with van der Waals surface area (Å²) in [6.45, 7) is 12.6. The maximum atomic E-state index is 6.02. The third-order valence-electron chi connectivity index (χ3n) is 2.37. The van der Waals surface area contributed by atoms with Gasteiger partial charge in [-0.05, 0) is 13.3 Å². The van der Waals surface area contributed by atoms with E-state index in [0.717, 1.165) is 22.9 Å². The second-order valence-electron chi connectivity index (χ2n) is 4.08. The maximum Gasteiger partial charge on any atom is 0.154 e. The summed E-state index contributed by atoms with van der Waals surface area (Å²) in [5.41, 5.74) is 0. The van der Waals surface area contributed by atoms with Crippen molar-refractivity contribution in [2.45, 2.75) is 34.1 Å². The van der Waals surface area contributed by atoms with E-state index < -0.39 is 0 Å². The fourth-order valence-electron chi connectivity index (χ4n) is 1.82. The average molecular weight is 193 g/mol. The molecule has 0 saturated heterocycles. The number of hydrogen-bond acceptors (Lipinski definition) is 0. The molecule has 1 atom stereocenters. The fraction of sp³-hybridized carbons (Fsp3) is 1.00. The van der Waals surface area contributed by atoms with Crippen molar-refractivity contribution in [3.05, 3.63) is 0 Å². The standard InChI is InChI=1S/C10H23ClN/c1-5-7-12(6-2,9-11)8-10(3)4/h10H,5-9H2,1-4H3/q+1. The quantitative estimate of drug-likeness (QED) is 0.345. The average Bonchev–Trinajstić information content (AvgIpc) is 2.03. The predicted molar refractivity (Wildman–Crippen MR) is 56.4 cm³/mol. The molecule has 0 bridgehead atoms. The van der Waals surface area contributed by atoms with Gasteiger partial charge in [0.25, 0.3) is 0 Å². The van der Waals surface area contributed by atoms with E-state index in [4.69, 9.17) is 11.6 Å². The fourth-order valence-corrected chi connectivity index (χ4v) is 2.21. The first kappa shape index (κ1) is 12.2. The Morgan fingerprint density at radius 3 is 2.08 bits per heavy atom. The van der Waals surface area contributed by atoms with Crippen molar-refractivity contribution < 1.29 is 4.48 Å². The minimum Gasteiger partial charge on any atom is -0.311 e. The van der Waals surface area contributed by atoms with Gasteiger partial charge in [-0.1, -0.05) is 32.4 Å². The molecule has 0 N–H and O–H groups in total. The van der Waals surface area contributed by atoms with E-state index in [1.54, 1.807) is 0 Å². The molecule has 12 heavy (non-hydrogen) atoms. The van der Waals surface area contributed by atoms with Gasteiger partial charge in [0.1, 0.15) is 0 Å². The number of quaternary nitrogens is 1. The van der Waals surface area contributed by atoms with Crippen LogP contribution in [0.3, 0.4) is 0 Å². The van der Waals surface area contributed by atoms with Gasteiger partial charge in [-0.3, -0.25) is 0 Å². The molecule has 0 aliphatic rings. The van der Waals surface area contributed by atoms with Crippen LogP contribution in [0, 0.1) is 5.92 Å². The molecule has 2 heteroatoms. The van der Waals surface area contributed by atoms with Crippen molar-refractivity contribution in [3.63, 3.8) is 0 Å². The highest BCUT2D eigenvalue weighted by Crippen LogP contribution is 2.13. The number of nitrogens with zero attached hydrogens (tertiary/aromatic N) is 1. The molecule has 0 saturated carbocycles. The third-order valence-corrected chi connectivity index (χ3v) is 2.88. The first-order chi connectivity index (χ1) is 5.60. The highest BCUT2D eigenvalue weighted by molar-refractivity contribution is 6.16. The molecule has 0 aromatic rings. The van der Waals surface area contributed by atoms with Gasteiger partial charge in [0, 0.05) is 5.92 Å². The lowest BCUT2D eigenvalue weighted by Crippen LogP contribution is -2.49. The maximum absolute atomic E-state index is 6.02. The van der Waals surface area contributed by atoms with Crippen LogP contribution in [-0.2, 0) is 0 Å². The first-order valence-electron chi connectivity index (χ1n) is 5.01. The van der Waals surface area contributed by atoms with E-state index in [2.05, 4.69) is 27.7 Å². The lowest BCUT2D eigenvalue weighted by atomic mass is 10.1. The van der Waals surface area contributed by atoms with E-state index in [-0.39, 0.29) is 0 Å². The Balaban J connectivity index is 4.13. The number of alkyl halides is 1. The molecule has 0 fully saturated rings. The molecule has 0 heterocycles. The van der Waals surface area contributed by atoms with Crippen molar-refractivity contribution >= 4 is 11.6 Å². The Hall–Kier alpha value is 0.250. The summed E-state index contributed by atoms with van der Waals surface area (Å²) in [5.74, 6) is 0.746. The number of hydrogen-bond donors (Lipinski definition) is 0. The molecule has 0 aromatic carbocycles. The number of halogens is 1. The molecular formula is C10H23ClN+. The molecule has 1 nitrogen and oxygen atoms in total. The van der Waals surface area contributed by atoms with Crippen molar-refractivity contribution in [2.24, 2.45) is 5.92 Å². The molecule has 0 amide bonds. The first-order valence-corrected chi connectivity index (χ1v) is 5.54. The lowest BCUT2D eigenvalue weighted by molar-refractivity contribution is -0.919. The second-order valence-corrected chi connectivity index (χ2v) is 4.32. The lowest BCUT2D eigenvalue weighted by Gasteiger charge is -2.36. The van der Waals surface area contributed by atoms with E-state index in [0.29, 0.717) is 0 Å². The molecule has 0 aliphatic carbocycles. The Kier molecular flexibility index (Phi) is 5.94. The van der Waals surface area contributed by atoms with Gasteiger partial charge in [-0.15, -0.1) is 0 Å². The van der Waals surface area contributed by atoms with Crippen LogP contribution in [0.2, 0.25) is 0 Å². The summed E-state index contributed by atoms with van der Waals surface area (Å²) < 4.78 is 1.08. The Morgan fingerprint density at radius 2 is 1.83 bits per heavy atom. The molecule has 0 aromatic heterocycles. The van der Waals surface area contributed by atoms with E-state index in [1.807, 2.05) is 0 Å². The summed E-state index contributed by atoms with van der Waals surface area (Å²) in [5, 5.41) is 0. The normalized spacial score (nSPS) is 16.5. The van der Waals surface area contributed by atoms with Crippen molar-refractivity contribution in [1.29, 1.82) is 0 Å². The van der Waals surface area contributed by atoms with Crippen LogP contribution in [0.1, 0.15) is 34.1 Å². The Labute approximate surface area is 82.3 Å². The summed E-state index contributed by atoms with van der Waals surface area (Å²) >= 11 is 6.02. The van der Waals surface area contributed by atoms with Crippen LogP contribution in [0.4, 0.5) is 0 Å². The topological polar surface area (TPSA) is 0 Å². The van der Waals surface area contributed by atoms with Gasteiger partial charge >= 0.3 is 0 Å². The molecule has 0 rings (SSSR count). The smallest absolute Gasteiger partial charge is 0.154 e. The van der Waals surface area contributed by atoms with Crippen LogP contribution in [0.15, 0.2) is 0 Å². The van der Waals surface area contributed by atoms with E-state index >= 15 is 0 Å². The van der Waals surface area contributed by atoms with Gasteiger partial charge in [0.05, 0.1) is 19.6 Å². The van der Waals surface area contributed by atoms with Gasteiger partial charge in [-0.25, -0.2) is 0 Å². The van der Waals surface area contributed by atoms with Crippen molar-refractivity contribution in [1.82, 2.24) is 0 Å². The van der Waals surface area contributed by atoms with Crippen LogP contribution in [0.5, 0.6) is 0 Å². The van der Waals surface area contributed by atoms with Gasteiger partial charge in [0.2, 0.25) is 0 Å². The largest absolute Gasteiger partial charge is 0.311 e. The van der Waals surface area contributed by atoms with Crippen molar-refractivity contribution in [3.8, 4) is 0 Å². The zero-order valence-corrected chi connectivity index (χ0v) is 9.69. The zero-order chi connectivity index (χ0) is 9.61. The van der Waals surface area contributed by atoms with Gasteiger partial charge in [0.15, 0.2) is 6.00 Å². The minimum atomic E-state index is 0.746. The third kappa shape index (κ3) is 3.77. The molecule has 1 unspecified atom stereocenters. The SMILES string of the molecule is CCC[N+](CC)(CCl)CC(C)C. The zero-order valence-electron chi connectivity index (χ0n) is 8.94. The van der Waals surface area contributed by atoms with Gasteiger partial charge < -0.3 is 4.48 Å². The molecular weight excluding hydrogens is 170 g/mol. The highest BCUT2D eigenvalue weighted by Gasteiger charge is 2.23. The molecule has 0 aliphatic heterocycles. The predicted octanol–water partition coefficient (Wildman–Crippen LogP) is 3.09. The summed E-state index contributed by atoms with van der Waals surface area (Å²) in [7, 11) is 0. The number of rotatable bonds is 6. The molecule has 0 spiro atoms. The van der Waals surface area contributed by atoms with Crippen LogP contribution in [0.25, 0.3) is 0 Å². The molecule has 0 radical (unpaired) electrons. The monoisotopic (exact) mass is 192 g/mol. The minimum absolute atomic E-state index is 0.746. The second kappa shape index (κ2) is 5.82. The van der Waals surface area contributed by atoms with E-state index in [9.17, 15) is 0 Å². The van der Waals surface area contributed by atoms with Crippen LogP contribution in [-0.4, -0.2) is 30.1 Å². The Morgan fingerprint density at radius 1 is 1.25 bits per heavy atom. The van der Waals surface area contributed by atoms with Gasteiger partial charge in [-0.2, -0.15) is 0 Å². The summed E-state index contributed by atoms with van der Waals surface area (Å²) in [4.78, 5) is 0. The summed E-state index contributed by atoms with van der Waals surface area (Å²) in [6, 6.07) is 0.766. The highest BCUT2D eigenvalue weighted by atomic mass is 35.5. The van der Waals surface area contributed by atoms with E-state index in [1.165, 1.54) is 19.5 Å². The molecule has 74 valence electrons. The Bertz CT molecular complexity index is 108.